The van der Waals surface area contributed by atoms with E-state index in [9.17, 15) is 0 Å². The standard InChI is InChI=1S/C18H19N3O.2ClH/c1-2-4-16(5-3-1)14-19-11-13-22-18-8-6-17(7-9-18)21-12-10-20-15-21;;/h1-10,12,15,19H,11,13-14H2;2*1H. The number of hydrogen-bond donors (Lipinski definition) is 1. The van der Waals surface area contributed by atoms with Gasteiger partial charge in [-0.05, 0) is 29.8 Å². The number of nitrogens with one attached hydrogen (secondary N) is 1. The average molecular weight is 366 g/mol. The highest BCUT2D eigenvalue weighted by Gasteiger charge is 1.97. The van der Waals surface area contributed by atoms with Crippen LogP contribution in [0.3, 0.4) is 0 Å². The van der Waals surface area contributed by atoms with E-state index < -0.39 is 0 Å². The molecule has 1 heterocycles. The van der Waals surface area contributed by atoms with Crippen LogP contribution in [-0.4, -0.2) is 22.7 Å². The number of imidazole rings is 1. The van der Waals surface area contributed by atoms with Crippen molar-refractivity contribution in [3.8, 4) is 11.4 Å². The van der Waals surface area contributed by atoms with Crippen molar-refractivity contribution in [2.24, 2.45) is 0 Å². The number of halogens is 2. The van der Waals surface area contributed by atoms with Gasteiger partial charge in [0.1, 0.15) is 12.4 Å². The molecular formula is C18H21Cl2N3O. The molecule has 24 heavy (non-hydrogen) atoms. The molecule has 4 nitrogen and oxygen atoms in total. The first-order valence-corrected chi connectivity index (χ1v) is 7.38. The smallest absolute Gasteiger partial charge is 0.119 e. The molecule has 128 valence electrons. The molecule has 0 bridgehead atoms. The molecule has 0 spiro atoms. The number of hydrogen-bond acceptors (Lipinski definition) is 3. The minimum atomic E-state index is 0. The number of benzene rings is 2. The molecule has 0 atom stereocenters. The Morgan fingerprint density at radius 1 is 0.958 bits per heavy atom. The minimum Gasteiger partial charge on any atom is -0.492 e. The van der Waals surface area contributed by atoms with Gasteiger partial charge in [0.05, 0.1) is 6.33 Å². The third-order valence-corrected chi connectivity index (χ3v) is 3.36. The Morgan fingerprint density at radius 3 is 2.38 bits per heavy atom. The lowest BCUT2D eigenvalue weighted by molar-refractivity contribution is 0.313. The van der Waals surface area contributed by atoms with Gasteiger partial charge < -0.3 is 14.6 Å². The molecule has 3 aromatic rings. The summed E-state index contributed by atoms with van der Waals surface area (Å²) in [6, 6.07) is 18.4. The first kappa shape index (κ1) is 20.0. The lowest BCUT2D eigenvalue weighted by Crippen LogP contribution is -2.20. The Hall–Kier alpha value is -2.01. The molecule has 1 aromatic heterocycles. The van der Waals surface area contributed by atoms with Crippen molar-refractivity contribution in [1.29, 1.82) is 0 Å². The molecule has 0 aliphatic carbocycles. The summed E-state index contributed by atoms with van der Waals surface area (Å²) in [4.78, 5) is 4.04. The Bertz CT molecular complexity index is 673. The van der Waals surface area contributed by atoms with E-state index in [1.54, 1.807) is 12.5 Å². The van der Waals surface area contributed by atoms with Gasteiger partial charge in [-0.1, -0.05) is 30.3 Å². The van der Waals surface area contributed by atoms with Crippen LogP contribution >= 0.6 is 24.8 Å². The van der Waals surface area contributed by atoms with E-state index in [2.05, 4.69) is 34.6 Å². The van der Waals surface area contributed by atoms with Gasteiger partial charge >= 0.3 is 0 Å². The Balaban J connectivity index is 0.00000144. The van der Waals surface area contributed by atoms with Gasteiger partial charge in [-0.15, -0.1) is 24.8 Å². The highest BCUT2D eigenvalue weighted by atomic mass is 35.5. The largest absolute Gasteiger partial charge is 0.492 e. The summed E-state index contributed by atoms with van der Waals surface area (Å²) in [5.74, 6) is 0.880. The van der Waals surface area contributed by atoms with Gasteiger partial charge in [0, 0.05) is 31.2 Å². The fourth-order valence-electron chi connectivity index (χ4n) is 2.20. The first-order valence-electron chi connectivity index (χ1n) is 7.38. The summed E-state index contributed by atoms with van der Waals surface area (Å²) in [6.45, 7) is 2.33. The van der Waals surface area contributed by atoms with Crippen molar-refractivity contribution in [2.75, 3.05) is 13.2 Å². The minimum absolute atomic E-state index is 0. The van der Waals surface area contributed by atoms with Gasteiger partial charge in [-0.2, -0.15) is 0 Å². The van der Waals surface area contributed by atoms with Crippen LogP contribution in [0, 0.1) is 0 Å². The molecule has 6 heteroatoms. The zero-order valence-corrected chi connectivity index (χ0v) is 14.8. The van der Waals surface area contributed by atoms with E-state index in [1.807, 2.05) is 41.1 Å². The van der Waals surface area contributed by atoms with Gasteiger partial charge in [0.2, 0.25) is 0 Å². The molecule has 0 saturated carbocycles. The summed E-state index contributed by atoms with van der Waals surface area (Å²) >= 11 is 0. The fraction of sp³-hybridized carbons (Fsp3) is 0.167. The van der Waals surface area contributed by atoms with Crippen molar-refractivity contribution < 1.29 is 4.74 Å². The molecule has 0 saturated heterocycles. The number of rotatable bonds is 7. The number of aromatic nitrogens is 2. The third kappa shape index (κ3) is 5.89. The van der Waals surface area contributed by atoms with Gasteiger partial charge in [0.15, 0.2) is 0 Å². The van der Waals surface area contributed by atoms with Crippen LogP contribution in [0.15, 0.2) is 73.3 Å². The van der Waals surface area contributed by atoms with Gasteiger partial charge in [-0.3, -0.25) is 0 Å². The van der Waals surface area contributed by atoms with Crippen LogP contribution in [-0.2, 0) is 6.54 Å². The summed E-state index contributed by atoms with van der Waals surface area (Å²) in [5.41, 5.74) is 2.36. The van der Waals surface area contributed by atoms with Gasteiger partial charge in [-0.25, -0.2) is 4.98 Å². The van der Waals surface area contributed by atoms with E-state index in [0.29, 0.717) is 6.61 Å². The summed E-state index contributed by atoms with van der Waals surface area (Å²) in [5, 5.41) is 3.37. The molecule has 3 rings (SSSR count). The fourth-order valence-corrected chi connectivity index (χ4v) is 2.20. The molecular weight excluding hydrogens is 345 g/mol. The van der Waals surface area contributed by atoms with Crippen LogP contribution in [0.5, 0.6) is 5.75 Å². The van der Waals surface area contributed by atoms with Crippen molar-refractivity contribution in [3.63, 3.8) is 0 Å². The maximum atomic E-state index is 5.73. The van der Waals surface area contributed by atoms with E-state index in [1.165, 1.54) is 5.56 Å². The van der Waals surface area contributed by atoms with E-state index in [-0.39, 0.29) is 24.8 Å². The van der Waals surface area contributed by atoms with E-state index >= 15 is 0 Å². The van der Waals surface area contributed by atoms with Gasteiger partial charge in [0.25, 0.3) is 0 Å². The molecule has 1 N–H and O–H groups in total. The maximum Gasteiger partial charge on any atom is 0.119 e. The SMILES string of the molecule is Cl.Cl.c1ccc(CNCCOc2ccc(-n3ccnc3)cc2)cc1. The Kier molecular flexibility index (Phi) is 8.94. The highest BCUT2D eigenvalue weighted by molar-refractivity contribution is 5.85. The molecule has 0 unspecified atom stereocenters. The highest BCUT2D eigenvalue weighted by Crippen LogP contribution is 2.14. The second kappa shape index (κ2) is 10.7. The maximum absolute atomic E-state index is 5.73. The Labute approximate surface area is 154 Å². The van der Waals surface area contributed by atoms with E-state index in [0.717, 1.165) is 24.5 Å². The van der Waals surface area contributed by atoms with Crippen LogP contribution in [0.2, 0.25) is 0 Å². The molecule has 2 aromatic carbocycles. The lowest BCUT2D eigenvalue weighted by Gasteiger charge is -2.09. The normalized spacial score (nSPS) is 9.67. The van der Waals surface area contributed by atoms with Crippen LogP contribution < -0.4 is 10.1 Å². The topological polar surface area (TPSA) is 39.1 Å². The molecule has 0 aliphatic rings. The van der Waals surface area contributed by atoms with Crippen molar-refractivity contribution >= 4 is 24.8 Å². The van der Waals surface area contributed by atoms with Crippen LogP contribution in [0.25, 0.3) is 5.69 Å². The first-order chi connectivity index (χ1) is 10.9. The molecule has 0 amide bonds. The van der Waals surface area contributed by atoms with Crippen molar-refractivity contribution in [2.45, 2.75) is 6.54 Å². The quantitative estimate of drug-likeness (QED) is 0.645. The summed E-state index contributed by atoms with van der Waals surface area (Å²) in [6.07, 6.45) is 5.47. The van der Waals surface area contributed by atoms with E-state index in [4.69, 9.17) is 4.74 Å². The lowest BCUT2D eigenvalue weighted by atomic mass is 10.2. The predicted octanol–water partition coefficient (Wildman–Crippen LogP) is 3.88. The Morgan fingerprint density at radius 2 is 1.71 bits per heavy atom. The molecule has 0 radical (unpaired) electrons. The van der Waals surface area contributed by atoms with Crippen molar-refractivity contribution in [1.82, 2.24) is 14.9 Å². The second-order valence-electron chi connectivity index (χ2n) is 4.97. The molecule has 0 aliphatic heterocycles. The third-order valence-electron chi connectivity index (χ3n) is 3.36. The number of nitrogens with zero attached hydrogens (tertiary/aromatic N) is 2. The number of ether oxygens (including phenoxy) is 1. The predicted molar refractivity (Wildman–Crippen MR) is 102 cm³/mol. The second-order valence-corrected chi connectivity index (χ2v) is 4.97. The van der Waals surface area contributed by atoms with Crippen LogP contribution in [0.4, 0.5) is 0 Å². The van der Waals surface area contributed by atoms with Crippen molar-refractivity contribution in [3.05, 3.63) is 78.9 Å². The zero-order chi connectivity index (χ0) is 15.0. The monoisotopic (exact) mass is 365 g/mol. The zero-order valence-electron chi connectivity index (χ0n) is 13.2. The average Bonchev–Trinajstić information content (AvgIpc) is 3.11. The summed E-state index contributed by atoms with van der Waals surface area (Å²) < 4.78 is 7.69. The molecule has 0 fully saturated rings. The summed E-state index contributed by atoms with van der Waals surface area (Å²) in [7, 11) is 0. The van der Waals surface area contributed by atoms with Crippen LogP contribution in [0.1, 0.15) is 5.56 Å².